The molecule has 2 aromatic heterocycles. The van der Waals surface area contributed by atoms with Gasteiger partial charge in [-0.3, -0.25) is 9.59 Å². The van der Waals surface area contributed by atoms with Crippen LogP contribution >= 0.6 is 34.4 Å². The number of nitrogen functional groups attached to an aromatic ring is 1. The average molecular weight is 536 g/mol. The van der Waals surface area contributed by atoms with Gasteiger partial charge in [0.1, 0.15) is 6.33 Å². The lowest BCUT2D eigenvalue weighted by Crippen LogP contribution is -2.30. The van der Waals surface area contributed by atoms with E-state index in [2.05, 4.69) is 48.9 Å². The number of carbonyl (C=O) groups excluding carboxylic acids is 2. The van der Waals surface area contributed by atoms with Crippen molar-refractivity contribution in [1.82, 2.24) is 24.8 Å². The van der Waals surface area contributed by atoms with Crippen molar-refractivity contribution in [3.05, 3.63) is 33.2 Å². The monoisotopic (exact) mass is 536 g/mol. The lowest BCUT2D eigenvalue weighted by Gasteiger charge is -2.12. The van der Waals surface area contributed by atoms with Crippen molar-refractivity contribution in [2.75, 3.05) is 5.73 Å². The van der Waals surface area contributed by atoms with Crippen LogP contribution in [0.1, 0.15) is 42.6 Å². The van der Waals surface area contributed by atoms with Gasteiger partial charge in [0.25, 0.3) is 0 Å². The maximum atomic E-state index is 12.2. The number of hydrogen-bond donors (Lipinski definition) is 2. The van der Waals surface area contributed by atoms with Crippen LogP contribution in [0.3, 0.4) is 0 Å². The number of Topliss-reactive ketones (excluding diaryl/α,β-unsaturated/α-hetero) is 1. The third kappa shape index (κ3) is 4.15. The van der Waals surface area contributed by atoms with Gasteiger partial charge >= 0.3 is 0 Å². The number of halogens is 1. The molecule has 1 aromatic carbocycles. The molecule has 4 rings (SSSR count). The molecule has 0 saturated carbocycles. The van der Waals surface area contributed by atoms with Gasteiger partial charge in [-0.15, -0.1) is 0 Å². The molecule has 1 aliphatic rings. The summed E-state index contributed by atoms with van der Waals surface area (Å²) in [6, 6.07) is 4.09. The Bertz CT molecular complexity index is 1160. The molecular formula is C20H21IN6O2S. The minimum atomic E-state index is -0.0393. The van der Waals surface area contributed by atoms with Crippen molar-refractivity contribution in [2.24, 2.45) is 0 Å². The second-order valence-corrected chi connectivity index (χ2v) is 9.59. The molecule has 0 radical (unpaired) electrons. The molecule has 0 atom stereocenters. The zero-order valence-electron chi connectivity index (χ0n) is 16.6. The van der Waals surface area contributed by atoms with E-state index in [0.717, 1.165) is 26.0 Å². The van der Waals surface area contributed by atoms with E-state index in [4.69, 9.17) is 5.73 Å². The van der Waals surface area contributed by atoms with Gasteiger partial charge in [-0.1, -0.05) is 11.8 Å². The topological polar surface area (TPSA) is 116 Å². The van der Waals surface area contributed by atoms with Gasteiger partial charge < -0.3 is 15.6 Å². The largest absolute Gasteiger partial charge is 0.382 e. The smallest absolute Gasteiger partial charge is 0.221 e. The number of benzene rings is 1. The molecule has 0 unspecified atom stereocenters. The van der Waals surface area contributed by atoms with Crippen LogP contribution in [-0.2, 0) is 17.8 Å². The molecule has 2 heterocycles. The summed E-state index contributed by atoms with van der Waals surface area (Å²) in [5, 5.41) is 3.57. The van der Waals surface area contributed by atoms with Crippen LogP contribution in [0.25, 0.3) is 11.2 Å². The number of nitrogens with two attached hydrogens (primary N) is 1. The first-order chi connectivity index (χ1) is 14.3. The van der Waals surface area contributed by atoms with E-state index >= 15 is 0 Å². The van der Waals surface area contributed by atoms with Crippen molar-refractivity contribution in [3.8, 4) is 0 Å². The summed E-state index contributed by atoms with van der Waals surface area (Å²) in [4.78, 5) is 38.4. The van der Waals surface area contributed by atoms with Crippen molar-refractivity contribution >= 4 is 63.0 Å². The number of aryl methyl sites for hydroxylation is 2. The summed E-state index contributed by atoms with van der Waals surface area (Å²) in [5.74, 6) is 0.436. The highest BCUT2D eigenvalue weighted by Crippen LogP contribution is 2.37. The molecule has 1 aliphatic carbocycles. The first kappa shape index (κ1) is 21.0. The highest BCUT2D eigenvalue weighted by atomic mass is 127. The van der Waals surface area contributed by atoms with E-state index in [1.807, 2.05) is 24.5 Å². The molecule has 3 aromatic rings. The Kier molecular flexibility index (Phi) is 5.96. The van der Waals surface area contributed by atoms with Gasteiger partial charge in [-0.05, 0) is 60.6 Å². The molecular weight excluding hydrogens is 515 g/mol. The zero-order chi connectivity index (χ0) is 21.4. The summed E-state index contributed by atoms with van der Waals surface area (Å²) >= 11 is 3.73. The Balaban J connectivity index is 1.70. The van der Waals surface area contributed by atoms with Crippen LogP contribution < -0.4 is 11.1 Å². The fourth-order valence-electron chi connectivity index (χ4n) is 3.44. The molecule has 0 aliphatic heterocycles. The molecule has 156 valence electrons. The number of ketones is 1. The fraction of sp³-hybridized carbons (Fsp3) is 0.350. The van der Waals surface area contributed by atoms with Crippen molar-refractivity contribution in [2.45, 2.75) is 55.7 Å². The van der Waals surface area contributed by atoms with Gasteiger partial charge in [-0.2, -0.15) is 0 Å². The predicted molar refractivity (Wildman–Crippen MR) is 124 cm³/mol. The van der Waals surface area contributed by atoms with Crippen molar-refractivity contribution in [3.63, 3.8) is 0 Å². The summed E-state index contributed by atoms with van der Waals surface area (Å²) in [6.07, 6.45) is 3.05. The van der Waals surface area contributed by atoms with Crippen molar-refractivity contribution in [1.29, 1.82) is 0 Å². The van der Waals surface area contributed by atoms with Gasteiger partial charge in [0.2, 0.25) is 5.91 Å². The molecule has 30 heavy (non-hydrogen) atoms. The van der Waals surface area contributed by atoms with Crippen LogP contribution in [0.4, 0.5) is 5.82 Å². The molecule has 0 fully saturated rings. The van der Waals surface area contributed by atoms with Crippen LogP contribution in [0.5, 0.6) is 0 Å². The number of hydrogen-bond acceptors (Lipinski definition) is 7. The minimum Gasteiger partial charge on any atom is -0.382 e. The second-order valence-electron chi connectivity index (χ2n) is 7.41. The molecule has 0 spiro atoms. The Morgan fingerprint density at radius 2 is 2.13 bits per heavy atom. The van der Waals surface area contributed by atoms with Gasteiger partial charge in [0, 0.05) is 39.5 Å². The van der Waals surface area contributed by atoms with Gasteiger partial charge in [0.05, 0.1) is 0 Å². The van der Waals surface area contributed by atoms with Crippen LogP contribution in [0.2, 0.25) is 0 Å². The van der Waals surface area contributed by atoms with E-state index < -0.39 is 0 Å². The summed E-state index contributed by atoms with van der Waals surface area (Å²) in [6.45, 7) is 4.27. The van der Waals surface area contributed by atoms with E-state index in [0.29, 0.717) is 41.5 Å². The standard InChI is InChI=1S/C20H21IN6O2S/c1-10(2)25-16(29)5-6-27-19-17(18(22)23-9-24-19)26-20(27)30-15-8-12-11(7-13(15)21)3-4-14(12)28/h7-10H,3-6H2,1-2H3,(H,25,29)(H2,22,23,24). The van der Waals surface area contributed by atoms with Crippen molar-refractivity contribution < 1.29 is 9.59 Å². The van der Waals surface area contributed by atoms with E-state index in [-0.39, 0.29) is 17.7 Å². The Labute approximate surface area is 191 Å². The second kappa shape index (κ2) is 8.50. The van der Waals surface area contributed by atoms with E-state index in [9.17, 15) is 9.59 Å². The number of carbonyl (C=O) groups is 2. The van der Waals surface area contributed by atoms with E-state index in [1.54, 1.807) is 0 Å². The average Bonchev–Trinajstić information content (AvgIpc) is 3.21. The number of imidazole rings is 1. The van der Waals surface area contributed by atoms with Crippen LogP contribution in [-0.4, -0.2) is 37.3 Å². The molecule has 8 nitrogen and oxygen atoms in total. The zero-order valence-corrected chi connectivity index (χ0v) is 19.6. The quantitative estimate of drug-likeness (QED) is 0.465. The number of nitrogens with zero attached hydrogens (tertiary/aromatic N) is 4. The molecule has 10 heteroatoms. The SMILES string of the molecule is CC(C)NC(=O)CCn1c(Sc2cc3c(cc2I)CCC3=O)nc2c(N)ncnc21. The summed E-state index contributed by atoms with van der Waals surface area (Å²) in [7, 11) is 0. The lowest BCUT2D eigenvalue weighted by atomic mass is 10.1. The Hall–Kier alpha value is -2.21. The maximum Gasteiger partial charge on any atom is 0.221 e. The third-order valence-electron chi connectivity index (χ3n) is 4.82. The highest BCUT2D eigenvalue weighted by molar-refractivity contribution is 14.1. The van der Waals surface area contributed by atoms with Crippen LogP contribution in [0.15, 0.2) is 28.5 Å². The minimum absolute atomic E-state index is 0.0393. The number of fused-ring (bicyclic) bond motifs is 2. The number of amides is 1. The number of rotatable bonds is 6. The normalized spacial score (nSPS) is 13.3. The van der Waals surface area contributed by atoms with E-state index in [1.165, 1.54) is 18.1 Å². The molecule has 3 N–H and O–H groups in total. The Morgan fingerprint density at radius 1 is 1.33 bits per heavy atom. The predicted octanol–water partition coefficient (Wildman–Crippen LogP) is 3.21. The summed E-state index contributed by atoms with van der Waals surface area (Å²) in [5.41, 5.74) is 9.00. The molecule has 1 amide bonds. The highest BCUT2D eigenvalue weighted by Gasteiger charge is 2.23. The van der Waals surface area contributed by atoms with Crippen LogP contribution in [0, 0.1) is 3.57 Å². The molecule has 0 saturated heterocycles. The fourth-order valence-corrected chi connectivity index (χ4v) is 5.26. The first-order valence-corrected chi connectivity index (χ1v) is 11.5. The number of aromatic nitrogens is 4. The number of nitrogens with one attached hydrogen (secondary N) is 1. The Morgan fingerprint density at radius 3 is 2.90 bits per heavy atom. The van der Waals surface area contributed by atoms with Gasteiger partial charge in [-0.25, -0.2) is 15.0 Å². The molecule has 0 bridgehead atoms. The van der Waals surface area contributed by atoms with Gasteiger partial charge in [0.15, 0.2) is 27.9 Å². The maximum absolute atomic E-state index is 12.2. The summed E-state index contributed by atoms with van der Waals surface area (Å²) < 4.78 is 2.95. The lowest BCUT2D eigenvalue weighted by molar-refractivity contribution is -0.121. The number of anilines is 1. The third-order valence-corrected chi connectivity index (χ3v) is 7.13. The first-order valence-electron chi connectivity index (χ1n) is 9.63.